The Bertz CT molecular complexity index is 324. The summed E-state index contributed by atoms with van der Waals surface area (Å²) in [5, 5.41) is 9.38. The number of hydrogen-bond donors (Lipinski definition) is 1. The van der Waals surface area contributed by atoms with Crippen LogP contribution in [0.25, 0.3) is 0 Å². The smallest absolute Gasteiger partial charge is 0.323 e. The maximum absolute atomic E-state index is 10.6. The van der Waals surface area contributed by atoms with Crippen molar-refractivity contribution in [3.8, 4) is 0 Å². The van der Waals surface area contributed by atoms with Crippen molar-refractivity contribution in [2.24, 2.45) is 0 Å². The zero-order chi connectivity index (χ0) is 10.7. The molecule has 0 fully saturated rings. The van der Waals surface area contributed by atoms with Crippen molar-refractivity contribution in [2.45, 2.75) is 26.8 Å². The zero-order valence-corrected chi connectivity index (χ0v) is 9.21. The fraction of sp³-hybridized carbons (Fsp3) is 0.625. The number of carboxylic acids is 1. The van der Waals surface area contributed by atoms with Crippen molar-refractivity contribution in [1.82, 2.24) is 9.36 Å². The molecule has 0 saturated carbocycles. The SMILES string of the molecule is Cc1nsc(N(CC(=O)O)C(C)C)n1. The molecule has 1 aromatic heterocycles. The lowest BCUT2D eigenvalue weighted by atomic mass is 10.3. The molecule has 0 radical (unpaired) electrons. The normalized spacial score (nSPS) is 10.6. The lowest BCUT2D eigenvalue weighted by Gasteiger charge is -2.23. The average molecular weight is 215 g/mol. The van der Waals surface area contributed by atoms with Gasteiger partial charge in [0.15, 0.2) is 0 Å². The van der Waals surface area contributed by atoms with E-state index in [0.29, 0.717) is 11.0 Å². The summed E-state index contributed by atoms with van der Waals surface area (Å²) in [5.41, 5.74) is 0. The first kappa shape index (κ1) is 10.9. The average Bonchev–Trinajstić information content (AvgIpc) is 2.46. The molecule has 0 aliphatic rings. The Kier molecular flexibility index (Phi) is 3.40. The number of anilines is 1. The van der Waals surface area contributed by atoms with Crippen LogP contribution in [-0.4, -0.2) is 33.0 Å². The van der Waals surface area contributed by atoms with Crippen molar-refractivity contribution in [3.05, 3.63) is 5.82 Å². The van der Waals surface area contributed by atoms with Gasteiger partial charge >= 0.3 is 5.97 Å². The van der Waals surface area contributed by atoms with Gasteiger partial charge in [0, 0.05) is 17.6 Å². The minimum Gasteiger partial charge on any atom is -0.480 e. The number of carbonyl (C=O) groups is 1. The predicted octanol–water partition coefficient (Wildman–Crippen LogP) is 1.15. The largest absolute Gasteiger partial charge is 0.480 e. The second kappa shape index (κ2) is 4.36. The van der Waals surface area contributed by atoms with Crippen molar-refractivity contribution in [1.29, 1.82) is 0 Å². The molecule has 0 spiro atoms. The van der Waals surface area contributed by atoms with E-state index in [1.54, 1.807) is 11.8 Å². The summed E-state index contributed by atoms with van der Waals surface area (Å²) in [7, 11) is 0. The molecule has 0 saturated heterocycles. The van der Waals surface area contributed by atoms with E-state index in [9.17, 15) is 4.79 Å². The monoisotopic (exact) mass is 215 g/mol. The maximum atomic E-state index is 10.6. The Balaban J connectivity index is 2.82. The van der Waals surface area contributed by atoms with Crippen LogP contribution in [0, 0.1) is 6.92 Å². The minimum absolute atomic E-state index is 0.0354. The highest BCUT2D eigenvalue weighted by Gasteiger charge is 2.17. The molecule has 0 aromatic carbocycles. The third-order valence-corrected chi connectivity index (χ3v) is 2.54. The summed E-state index contributed by atoms with van der Waals surface area (Å²) in [5.74, 6) is -0.174. The number of carboxylic acid groups (broad SMARTS) is 1. The molecular formula is C8H13N3O2S. The number of nitrogens with zero attached hydrogens (tertiary/aromatic N) is 3. The topological polar surface area (TPSA) is 66.3 Å². The predicted molar refractivity (Wildman–Crippen MR) is 54.8 cm³/mol. The molecule has 1 N–H and O–H groups in total. The van der Waals surface area contributed by atoms with Crippen molar-refractivity contribution >= 4 is 22.6 Å². The molecule has 78 valence electrons. The van der Waals surface area contributed by atoms with Crippen LogP contribution in [0.4, 0.5) is 5.13 Å². The summed E-state index contributed by atoms with van der Waals surface area (Å²) in [6.07, 6.45) is 0. The Hall–Kier alpha value is -1.17. The van der Waals surface area contributed by atoms with Gasteiger partial charge < -0.3 is 10.0 Å². The Morgan fingerprint density at radius 2 is 2.29 bits per heavy atom. The van der Waals surface area contributed by atoms with E-state index in [4.69, 9.17) is 5.11 Å². The molecule has 0 amide bonds. The highest BCUT2D eigenvalue weighted by Crippen LogP contribution is 2.18. The number of aryl methyl sites for hydroxylation is 1. The van der Waals surface area contributed by atoms with Crippen LogP contribution in [0.15, 0.2) is 0 Å². The van der Waals surface area contributed by atoms with Crippen LogP contribution < -0.4 is 4.90 Å². The Morgan fingerprint density at radius 1 is 1.64 bits per heavy atom. The second-order valence-corrected chi connectivity index (χ2v) is 3.97. The fourth-order valence-electron chi connectivity index (χ4n) is 1.02. The Morgan fingerprint density at radius 3 is 2.64 bits per heavy atom. The van der Waals surface area contributed by atoms with E-state index >= 15 is 0 Å². The Labute approximate surface area is 86.6 Å². The van der Waals surface area contributed by atoms with Crippen molar-refractivity contribution in [2.75, 3.05) is 11.4 Å². The molecule has 1 rings (SSSR count). The van der Waals surface area contributed by atoms with Gasteiger partial charge in [-0.15, -0.1) is 0 Å². The van der Waals surface area contributed by atoms with Gasteiger partial charge in [-0.05, 0) is 20.8 Å². The van der Waals surface area contributed by atoms with E-state index in [0.717, 1.165) is 0 Å². The van der Waals surface area contributed by atoms with Crippen LogP contribution in [0.5, 0.6) is 0 Å². The summed E-state index contributed by atoms with van der Waals surface area (Å²) in [4.78, 5) is 16.5. The first-order valence-corrected chi connectivity index (χ1v) is 5.06. The lowest BCUT2D eigenvalue weighted by molar-refractivity contribution is -0.135. The standard InChI is InChI=1S/C8H13N3O2S/c1-5(2)11(4-7(12)13)8-9-6(3)10-14-8/h5H,4H2,1-3H3,(H,12,13). The number of rotatable bonds is 4. The van der Waals surface area contributed by atoms with E-state index in [-0.39, 0.29) is 12.6 Å². The van der Waals surface area contributed by atoms with Gasteiger partial charge in [-0.25, -0.2) is 4.98 Å². The molecule has 0 aliphatic carbocycles. The molecule has 0 atom stereocenters. The van der Waals surface area contributed by atoms with Crippen LogP contribution in [0.1, 0.15) is 19.7 Å². The van der Waals surface area contributed by atoms with E-state index in [2.05, 4.69) is 9.36 Å². The molecule has 1 heterocycles. The number of aliphatic carboxylic acids is 1. The zero-order valence-electron chi connectivity index (χ0n) is 8.39. The minimum atomic E-state index is -0.855. The van der Waals surface area contributed by atoms with Gasteiger partial charge in [0.2, 0.25) is 5.13 Å². The molecule has 6 heteroatoms. The van der Waals surface area contributed by atoms with Gasteiger partial charge in [0.1, 0.15) is 12.4 Å². The highest BCUT2D eigenvalue weighted by molar-refractivity contribution is 7.09. The number of aromatic nitrogens is 2. The van der Waals surface area contributed by atoms with Gasteiger partial charge in [0.05, 0.1) is 0 Å². The number of hydrogen-bond acceptors (Lipinski definition) is 5. The van der Waals surface area contributed by atoms with Gasteiger partial charge in [-0.1, -0.05) is 0 Å². The van der Waals surface area contributed by atoms with Crippen molar-refractivity contribution < 1.29 is 9.90 Å². The van der Waals surface area contributed by atoms with Crippen molar-refractivity contribution in [3.63, 3.8) is 0 Å². The summed E-state index contributed by atoms with van der Waals surface area (Å²) < 4.78 is 4.02. The summed E-state index contributed by atoms with van der Waals surface area (Å²) in [6.45, 7) is 5.62. The van der Waals surface area contributed by atoms with Gasteiger partial charge in [-0.2, -0.15) is 4.37 Å². The van der Waals surface area contributed by atoms with Gasteiger partial charge in [-0.3, -0.25) is 4.79 Å². The quantitative estimate of drug-likeness (QED) is 0.816. The first-order chi connectivity index (χ1) is 6.50. The third kappa shape index (κ3) is 2.66. The van der Waals surface area contributed by atoms with Crippen LogP contribution in [0.3, 0.4) is 0 Å². The molecule has 1 aromatic rings. The van der Waals surface area contributed by atoms with E-state index in [1.165, 1.54) is 11.5 Å². The van der Waals surface area contributed by atoms with Crippen LogP contribution in [0.2, 0.25) is 0 Å². The third-order valence-electron chi connectivity index (χ3n) is 1.69. The molecule has 14 heavy (non-hydrogen) atoms. The summed E-state index contributed by atoms with van der Waals surface area (Å²) >= 11 is 1.23. The molecule has 0 unspecified atom stereocenters. The lowest BCUT2D eigenvalue weighted by Crippen LogP contribution is -2.35. The van der Waals surface area contributed by atoms with Crippen LogP contribution in [-0.2, 0) is 4.79 Å². The van der Waals surface area contributed by atoms with E-state index in [1.807, 2.05) is 13.8 Å². The highest BCUT2D eigenvalue weighted by atomic mass is 32.1. The molecular weight excluding hydrogens is 202 g/mol. The second-order valence-electron chi connectivity index (χ2n) is 3.24. The summed E-state index contributed by atoms with van der Waals surface area (Å²) in [6, 6.07) is 0.110. The fourth-order valence-corrected chi connectivity index (χ4v) is 1.83. The van der Waals surface area contributed by atoms with E-state index < -0.39 is 5.97 Å². The van der Waals surface area contributed by atoms with Gasteiger partial charge in [0.25, 0.3) is 0 Å². The molecule has 5 nitrogen and oxygen atoms in total. The molecule has 0 bridgehead atoms. The first-order valence-electron chi connectivity index (χ1n) is 4.29. The maximum Gasteiger partial charge on any atom is 0.323 e. The van der Waals surface area contributed by atoms with Crippen LogP contribution >= 0.6 is 11.5 Å². The molecule has 0 aliphatic heterocycles.